The number of nitrogens with zero attached hydrogens (tertiary/aromatic N) is 1. The van der Waals surface area contributed by atoms with Crippen LogP contribution >= 0.6 is 0 Å². The van der Waals surface area contributed by atoms with Gasteiger partial charge >= 0.3 is 0 Å². The predicted molar refractivity (Wildman–Crippen MR) is 118 cm³/mol. The van der Waals surface area contributed by atoms with Crippen molar-refractivity contribution in [3.05, 3.63) is 78.9 Å². The molecule has 8 rings (SSSR count). The molecule has 31 heavy (non-hydrogen) atoms. The number of fused-ring (bicyclic) bond motifs is 1. The zero-order valence-electron chi connectivity index (χ0n) is 16.8. The average Bonchev–Trinajstić information content (AvgIpc) is 3.58. The van der Waals surface area contributed by atoms with Gasteiger partial charge < -0.3 is 4.74 Å². The lowest BCUT2D eigenvalue weighted by Crippen LogP contribution is -2.40. The second-order valence-corrected chi connectivity index (χ2v) is 9.24. The Labute approximate surface area is 180 Å². The molecule has 4 aliphatic carbocycles. The minimum Gasteiger partial charge on any atom is -0.457 e. The van der Waals surface area contributed by atoms with Crippen molar-refractivity contribution >= 4 is 28.3 Å². The summed E-state index contributed by atoms with van der Waals surface area (Å²) in [4.78, 5) is 28.0. The fourth-order valence-corrected chi connectivity index (χ4v) is 6.29. The summed E-state index contributed by atoms with van der Waals surface area (Å²) in [5.41, 5.74) is 0.641. The van der Waals surface area contributed by atoms with Gasteiger partial charge in [-0.1, -0.05) is 48.6 Å². The van der Waals surface area contributed by atoms with Crippen LogP contribution < -0.4 is 9.64 Å². The first-order valence-corrected chi connectivity index (χ1v) is 11.0. The first-order valence-electron chi connectivity index (χ1n) is 11.0. The number of amides is 2. The fourth-order valence-electron chi connectivity index (χ4n) is 6.29. The Balaban J connectivity index is 1.17. The maximum absolute atomic E-state index is 13.3. The summed E-state index contributed by atoms with van der Waals surface area (Å²) in [5, 5.41) is 2.17. The molecule has 0 unspecified atom stereocenters. The average molecular weight is 407 g/mol. The Bertz CT molecular complexity index is 1240. The van der Waals surface area contributed by atoms with Gasteiger partial charge in [0.2, 0.25) is 11.8 Å². The molecule has 1 heterocycles. The van der Waals surface area contributed by atoms with E-state index in [1.165, 1.54) is 11.3 Å². The van der Waals surface area contributed by atoms with Gasteiger partial charge in [0, 0.05) is 5.39 Å². The van der Waals surface area contributed by atoms with E-state index in [0.29, 0.717) is 23.3 Å². The number of carbonyl (C=O) groups is 2. The topological polar surface area (TPSA) is 46.6 Å². The third-order valence-electron chi connectivity index (χ3n) is 7.74. The zero-order valence-corrected chi connectivity index (χ0v) is 16.8. The maximum Gasteiger partial charge on any atom is 0.238 e. The van der Waals surface area contributed by atoms with Crippen LogP contribution in [0.25, 0.3) is 10.8 Å². The van der Waals surface area contributed by atoms with E-state index >= 15 is 0 Å². The number of hydrogen-bond acceptors (Lipinski definition) is 3. The molecule has 152 valence electrons. The summed E-state index contributed by atoms with van der Waals surface area (Å²) < 4.78 is 6.12. The molecule has 2 saturated carbocycles. The highest BCUT2D eigenvalue weighted by molar-refractivity contribution is 6.22. The summed E-state index contributed by atoms with van der Waals surface area (Å²) in [6, 6.07) is 21.4. The minimum absolute atomic E-state index is 0.0255. The Morgan fingerprint density at radius 1 is 0.742 bits per heavy atom. The van der Waals surface area contributed by atoms with Gasteiger partial charge in [0.1, 0.15) is 11.5 Å². The quantitative estimate of drug-likeness (QED) is 0.443. The van der Waals surface area contributed by atoms with Crippen molar-refractivity contribution in [3.8, 4) is 11.5 Å². The van der Waals surface area contributed by atoms with Crippen molar-refractivity contribution in [3.63, 3.8) is 0 Å². The zero-order chi connectivity index (χ0) is 20.7. The summed E-state index contributed by atoms with van der Waals surface area (Å²) in [5.74, 6) is 2.80. The molecule has 3 fully saturated rings. The van der Waals surface area contributed by atoms with Crippen molar-refractivity contribution in [2.24, 2.45) is 35.5 Å². The summed E-state index contributed by atoms with van der Waals surface area (Å²) >= 11 is 0. The number of ether oxygens (including phenoxy) is 1. The van der Waals surface area contributed by atoms with Crippen LogP contribution in [0.3, 0.4) is 0 Å². The first-order chi connectivity index (χ1) is 15.2. The lowest BCUT2D eigenvalue weighted by molar-refractivity contribution is -0.124. The first kappa shape index (κ1) is 17.3. The monoisotopic (exact) mass is 407 g/mol. The van der Waals surface area contributed by atoms with Crippen molar-refractivity contribution in [2.75, 3.05) is 4.90 Å². The van der Waals surface area contributed by atoms with Crippen LogP contribution in [0, 0.1) is 35.5 Å². The molecule has 0 spiro atoms. The van der Waals surface area contributed by atoms with E-state index in [4.69, 9.17) is 4.74 Å². The molecule has 6 atom stereocenters. The van der Waals surface area contributed by atoms with Crippen LogP contribution in [0.15, 0.2) is 78.9 Å². The molecular weight excluding hydrogens is 386 g/mol. The van der Waals surface area contributed by atoms with Gasteiger partial charge in [-0.15, -0.1) is 0 Å². The Morgan fingerprint density at radius 2 is 1.39 bits per heavy atom. The molecule has 0 radical (unpaired) electrons. The van der Waals surface area contributed by atoms with Gasteiger partial charge in [-0.2, -0.15) is 0 Å². The highest BCUT2D eigenvalue weighted by Gasteiger charge is 2.67. The van der Waals surface area contributed by atoms with Gasteiger partial charge in [0.15, 0.2) is 0 Å². The van der Waals surface area contributed by atoms with Crippen LogP contribution in [-0.4, -0.2) is 11.8 Å². The third-order valence-corrected chi connectivity index (χ3v) is 7.74. The molecule has 5 aliphatic rings. The molecule has 2 amide bonds. The smallest absolute Gasteiger partial charge is 0.238 e. The minimum atomic E-state index is -0.169. The predicted octanol–water partition coefficient (Wildman–Crippen LogP) is 5.19. The Kier molecular flexibility index (Phi) is 3.39. The molecule has 1 saturated heterocycles. The van der Waals surface area contributed by atoms with E-state index in [0.717, 1.165) is 16.5 Å². The molecule has 0 aromatic heterocycles. The summed E-state index contributed by atoms with van der Waals surface area (Å²) in [6.45, 7) is 0. The third kappa shape index (κ3) is 2.36. The maximum atomic E-state index is 13.3. The molecule has 0 N–H and O–H groups in total. The molecule has 3 aromatic carbocycles. The van der Waals surface area contributed by atoms with Crippen LogP contribution in [0.5, 0.6) is 11.5 Å². The number of imide groups is 1. The fraction of sp³-hybridized carbons (Fsp3) is 0.259. The van der Waals surface area contributed by atoms with Gasteiger partial charge in [-0.05, 0) is 65.8 Å². The van der Waals surface area contributed by atoms with Crippen LogP contribution in [0.4, 0.5) is 5.69 Å². The molecule has 2 bridgehead atoms. The van der Waals surface area contributed by atoms with E-state index in [9.17, 15) is 9.59 Å². The van der Waals surface area contributed by atoms with E-state index in [-0.39, 0.29) is 35.5 Å². The molecule has 1 aliphatic heterocycles. The largest absolute Gasteiger partial charge is 0.457 e. The van der Waals surface area contributed by atoms with Crippen molar-refractivity contribution < 1.29 is 14.3 Å². The van der Waals surface area contributed by atoms with Crippen LogP contribution in [0.1, 0.15) is 6.42 Å². The Morgan fingerprint density at radius 3 is 2.10 bits per heavy atom. The van der Waals surface area contributed by atoms with Gasteiger partial charge in [-0.25, -0.2) is 0 Å². The standard InChI is InChI=1S/C27H21NO3/c29-26-24-19-12-13-20(22-14-21(19)22)25(24)27(30)28(26)16-8-10-17(11-9-16)31-23-7-3-5-15-4-1-2-6-18(15)23/h1-13,19-22,24-25H,14H2/t19-,20-,21-,22-,24+,25+/m1/s1. The number of rotatable bonds is 3. The molecular formula is C27H21NO3. The number of benzene rings is 3. The second kappa shape index (κ2) is 6.07. The van der Waals surface area contributed by atoms with E-state index in [2.05, 4.69) is 24.3 Å². The lowest BCUT2D eigenvalue weighted by Gasteiger charge is -2.37. The lowest BCUT2D eigenvalue weighted by atomic mass is 9.63. The van der Waals surface area contributed by atoms with Crippen molar-refractivity contribution in [1.29, 1.82) is 0 Å². The summed E-state index contributed by atoms with van der Waals surface area (Å²) in [7, 11) is 0. The highest BCUT2D eigenvalue weighted by atomic mass is 16.5. The van der Waals surface area contributed by atoms with Crippen molar-refractivity contribution in [2.45, 2.75) is 6.42 Å². The normalized spacial score (nSPS) is 32.3. The molecule has 4 heteroatoms. The molecule has 4 nitrogen and oxygen atoms in total. The second-order valence-electron chi connectivity index (χ2n) is 9.24. The van der Waals surface area contributed by atoms with Gasteiger partial charge in [0.05, 0.1) is 17.5 Å². The number of anilines is 1. The van der Waals surface area contributed by atoms with E-state index in [1.54, 1.807) is 0 Å². The van der Waals surface area contributed by atoms with Crippen molar-refractivity contribution in [1.82, 2.24) is 0 Å². The van der Waals surface area contributed by atoms with Gasteiger partial charge in [-0.3, -0.25) is 14.5 Å². The Hall–Kier alpha value is -3.40. The van der Waals surface area contributed by atoms with Gasteiger partial charge in [0.25, 0.3) is 0 Å². The number of allylic oxidation sites excluding steroid dienone is 2. The van der Waals surface area contributed by atoms with Crippen LogP contribution in [0.2, 0.25) is 0 Å². The van der Waals surface area contributed by atoms with Crippen LogP contribution in [-0.2, 0) is 9.59 Å². The highest BCUT2D eigenvalue weighted by Crippen LogP contribution is 2.65. The van der Waals surface area contributed by atoms with E-state index < -0.39 is 0 Å². The summed E-state index contributed by atoms with van der Waals surface area (Å²) in [6.07, 6.45) is 5.59. The number of carbonyl (C=O) groups excluding carboxylic acids is 2. The number of hydrogen-bond donors (Lipinski definition) is 0. The van der Waals surface area contributed by atoms with E-state index in [1.807, 2.05) is 54.6 Å². The molecule has 3 aromatic rings. The SMILES string of the molecule is O=C1[C@H]2[C@@H]3C=C[C@H]([C@H]4C[C@H]34)[C@@H]2C(=O)N1c1ccc(Oc2cccc3ccccc23)cc1.